The van der Waals surface area contributed by atoms with Crippen molar-refractivity contribution in [1.29, 1.82) is 0 Å². The molecule has 3 atom stereocenters. The average molecular weight is 414 g/mol. The van der Waals surface area contributed by atoms with Crippen LogP contribution in [-0.4, -0.2) is 31.7 Å². The first kappa shape index (κ1) is 19.1. The van der Waals surface area contributed by atoms with Crippen molar-refractivity contribution in [2.75, 3.05) is 0 Å². The summed E-state index contributed by atoms with van der Waals surface area (Å²) in [4.78, 5) is 3.78. The molecule has 1 unspecified atom stereocenters. The molecule has 2 fully saturated rings. The molecule has 5 heteroatoms. The molecular weight excluding hydrogens is 382 g/mol. The van der Waals surface area contributed by atoms with Crippen LogP contribution in [0.25, 0.3) is 27.8 Å². The van der Waals surface area contributed by atoms with Gasteiger partial charge >= 0.3 is 0 Å². The van der Waals surface area contributed by atoms with E-state index in [-0.39, 0.29) is 0 Å². The van der Waals surface area contributed by atoms with E-state index in [9.17, 15) is 0 Å². The van der Waals surface area contributed by atoms with E-state index in [1.54, 1.807) is 6.33 Å². The fourth-order valence-corrected chi connectivity index (χ4v) is 6.09. The van der Waals surface area contributed by atoms with Crippen molar-refractivity contribution in [2.45, 2.75) is 77.3 Å². The van der Waals surface area contributed by atoms with E-state index >= 15 is 0 Å². The highest BCUT2D eigenvalue weighted by atomic mass is 15.2. The molecule has 0 amide bonds. The lowest BCUT2D eigenvalue weighted by atomic mass is 9.85. The topological polar surface area (TPSA) is 58.0 Å². The number of aromatic amines is 1. The zero-order valence-corrected chi connectivity index (χ0v) is 18.9. The number of fused-ring (bicyclic) bond motifs is 4. The summed E-state index contributed by atoms with van der Waals surface area (Å²) < 4.78 is 2.05. The Morgan fingerprint density at radius 2 is 1.84 bits per heavy atom. The van der Waals surface area contributed by atoms with E-state index < -0.39 is 0 Å². The van der Waals surface area contributed by atoms with Gasteiger partial charge in [-0.1, -0.05) is 19.9 Å². The van der Waals surface area contributed by atoms with E-state index in [1.807, 2.05) is 4.40 Å². The highest BCUT2D eigenvalue weighted by Gasteiger charge is 2.34. The molecular formula is C26H31N5. The lowest BCUT2D eigenvalue weighted by Gasteiger charge is -2.29. The Bertz CT molecular complexity index is 1280. The summed E-state index contributed by atoms with van der Waals surface area (Å²) in [6, 6.07) is 8.59. The quantitative estimate of drug-likeness (QED) is 0.458. The first-order chi connectivity index (χ1) is 15.0. The van der Waals surface area contributed by atoms with Crippen LogP contribution in [0.1, 0.15) is 73.6 Å². The van der Waals surface area contributed by atoms with Crippen molar-refractivity contribution < 1.29 is 0 Å². The van der Waals surface area contributed by atoms with Gasteiger partial charge in [-0.05, 0) is 85.8 Å². The molecule has 31 heavy (non-hydrogen) atoms. The van der Waals surface area contributed by atoms with Crippen LogP contribution in [-0.2, 0) is 0 Å². The van der Waals surface area contributed by atoms with Gasteiger partial charge in [0.25, 0.3) is 0 Å². The summed E-state index contributed by atoms with van der Waals surface area (Å²) in [5, 5.41) is 13.6. The minimum atomic E-state index is 0.430. The van der Waals surface area contributed by atoms with Gasteiger partial charge in [-0.3, -0.25) is 4.40 Å². The first-order valence-corrected chi connectivity index (χ1v) is 11.7. The lowest BCUT2D eigenvalue weighted by Crippen LogP contribution is -2.37. The van der Waals surface area contributed by atoms with Crippen LogP contribution < -0.4 is 5.32 Å². The number of rotatable bonds is 3. The van der Waals surface area contributed by atoms with E-state index in [2.05, 4.69) is 72.6 Å². The Hall–Kier alpha value is -2.66. The molecule has 6 rings (SSSR count). The van der Waals surface area contributed by atoms with Gasteiger partial charge in [-0.25, -0.2) is 0 Å². The maximum atomic E-state index is 4.29. The standard InChI is InChI=1S/C26H31N5/c1-14(2)24-21-11-17(18-9-19-6-7-20(10-18)28-19)5-8-23(21)29-25(24)22-12-31-13-27-30-26(31)16(4)15(22)3/h5,8,11-14,18-20,28-29H,6-7,9-10H2,1-4H3/t18?,19-,20+. The minimum absolute atomic E-state index is 0.430. The Kier molecular flexibility index (Phi) is 4.26. The number of aromatic nitrogens is 4. The fourth-order valence-electron chi connectivity index (χ4n) is 6.09. The molecule has 5 nitrogen and oxygen atoms in total. The van der Waals surface area contributed by atoms with E-state index in [4.69, 9.17) is 0 Å². The molecule has 2 aliphatic heterocycles. The molecule has 1 aromatic carbocycles. The predicted octanol–water partition coefficient (Wildman–Crippen LogP) is 5.62. The zero-order chi connectivity index (χ0) is 21.3. The number of hydrogen-bond donors (Lipinski definition) is 2. The number of H-pyrrole nitrogens is 1. The van der Waals surface area contributed by atoms with Gasteiger partial charge in [0, 0.05) is 34.7 Å². The molecule has 0 spiro atoms. The Balaban J connectivity index is 1.51. The monoisotopic (exact) mass is 413 g/mol. The summed E-state index contributed by atoms with van der Waals surface area (Å²) in [6.45, 7) is 8.96. The van der Waals surface area contributed by atoms with Crippen LogP contribution in [0.15, 0.2) is 30.7 Å². The summed E-state index contributed by atoms with van der Waals surface area (Å²) in [5.41, 5.74) is 10.0. The SMILES string of the molecule is Cc1c(-c2[nH]c3ccc(C4C[C@H]5CC[C@@H](C4)N5)cc3c2C(C)C)cn2cnnc2c1C. The summed E-state index contributed by atoms with van der Waals surface area (Å²) in [6.07, 6.45) is 9.22. The number of benzene rings is 1. The predicted molar refractivity (Wildman–Crippen MR) is 126 cm³/mol. The molecule has 2 saturated heterocycles. The van der Waals surface area contributed by atoms with Crippen molar-refractivity contribution in [3.8, 4) is 11.3 Å². The van der Waals surface area contributed by atoms with Crippen LogP contribution in [0.3, 0.4) is 0 Å². The van der Waals surface area contributed by atoms with Crippen LogP contribution in [0, 0.1) is 13.8 Å². The van der Waals surface area contributed by atoms with Crippen molar-refractivity contribution in [1.82, 2.24) is 24.9 Å². The maximum absolute atomic E-state index is 4.29. The van der Waals surface area contributed by atoms with Gasteiger partial charge in [0.1, 0.15) is 6.33 Å². The second kappa shape index (κ2) is 6.92. The highest BCUT2D eigenvalue weighted by Crippen LogP contribution is 2.41. The summed E-state index contributed by atoms with van der Waals surface area (Å²) in [7, 11) is 0. The second-order valence-electron chi connectivity index (χ2n) is 10.0. The zero-order valence-electron chi connectivity index (χ0n) is 18.9. The molecule has 2 aliphatic rings. The number of nitrogens with zero attached hydrogens (tertiary/aromatic N) is 3. The molecule has 5 heterocycles. The molecule has 4 aromatic rings. The number of aryl methyl sites for hydroxylation is 1. The van der Waals surface area contributed by atoms with Gasteiger partial charge in [-0.2, -0.15) is 0 Å². The van der Waals surface area contributed by atoms with Gasteiger partial charge in [0.15, 0.2) is 5.65 Å². The third-order valence-corrected chi connectivity index (χ3v) is 7.80. The number of hydrogen-bond acceptors (Lipinski definition) is 3. The van der Waals surface area contributed by atoms with Gasteiger partial charge in [0.2, 0.25) is 0 Å². The third kappa shape index (κ3) is 2.93. The Labute approximate surface area is 183 Å². The van der Waals surface area contributed by atoms with Crippen LogP contribution in [0.5, 0.6) is 0 Å². The number of pyridine rings is 1. The first-order valence-electron chi connectivity index (χ1n) is 11.7. The summed E-state index contributed by atoms with van der Waals surface area (Å²) >= 11 is 0. The molecule has 160 valence electrons. The maximum Gasteiger partial charge on any atom is 0.163 e. The number of piperidine rings is 1. The minimum Gasteiger partial charge on any atom is -0.354 e. The van der Waals surface area contributed by atoms with Gasteiger partial charge < -0.3 is 10.3 Å². The van der Waals surface area contributed by atoms with E-state index in [0.717, 1.165) is 5.65 Å². The largest absolute Gasteiger partial charge is 0.354 e. The smallest absolute Gasteiger partial charge is 0.163 e. The molecule has 2 bridgehead atoms. The van der Waals surface area contributed by atoms with Gasteiger partial charge in [0.05, 0.1) is 5.69 Å². The summed E-state index contributed by atoms with van der Waals surface area (Å²) in [5.74, 6) is 1.11. The van der Waals surface area contributed by atoms with Crippen molar-refractivity contribution in [3.63, 3.8) is 0 Å². The molecule has 0 aliphatic carbocycles. The van der Waals surface area contributed by atoms with Crippen molar-refractivity contribution in [3.05, 3.63) is 53.0 Å². The average Bonchev–Trinajstić information content (AvgIpc) is 3.46. The molecule has 0 radical (unpaired) electrons. The lowest BCUT2D eigenvalue weighted by molar-refractivity contribution is 0.363. The van der Waals surface area contributed by atoms with Gasteiger partial charge in [-0.15, -0.1) is 10.2 Å². The van der Waals surface area contributed by atoms with E-state index in [0.29, 0.717) is 23.9 Å². The third-order valence-electron chi connectivity index (χ3n) is 7.80. The van der Waals surface area contributed by atoms with Crippen LogP contribution >= 0.6 is 0 Å². The second-order valence-corrected chi connectivity index (χ2v) is 10.0. The van der Waals surface area contributed by atoms with E-state index in [1.165, 1.54) is 70.1 Å². The Morgan fingerprint density at radius 3 is 2.58 bits per heavy atom. The van der Waals surface area contributed by atoms with Crippen molar-refractivity contribution in [2.24, 2.45) is 0 Å². The Morgan fingerprint density at radius 1 is 1.06 bits per heavy atom. The highest BCUT2D eigenvalue weighted by molar-refractivity contribution is 5.92. The fraction of sp³-hybridized carbons (Fsp3) is 0.462. The molecule has 0 saturated carbocycles. The molecule has 3 aromatic heterocycles. The number of nitrogens with one attached hydrogen (secondary N) is 2. The van der Waals surface area contributed by atoms with Crippen molar-refractivity contribution >= 4 is 16.6 Å². The van der Waals surface area contributed by atoms with Crippen LogP contribution in [0.4, 0.5) is 0 Å². The normalized spacial score (nSPS) is 23.5. The van der Waals surface area contributed by atoms with Crippen LogP contribution in [0.2, 0.25) is 0 Å². The molecule has 2 N–H and O–H groups in total.